The fourth-order valence-electron chi connectivity index (χ4n) is 5.36. The molecular formula is C35H33F3N4O5S. The standard InChI is InChI=1S/C35H33F3N4O5S/c1-20(2)28-17-24(32-41-33(47-42-32)22-7-11-27(12-8-22)46-35(36,37)38)9-13-30(28)39-34(44)40-31-14-10-23(16-26(43)19-48-31)29-15-21(3)5-6-25(29)18-45-4/h5-9,11-13,15,17,23H,1,10,14,16,18-19H2,2-4H3,(H,39,44)/b40-31-. The van der Waals surface area contributed by atoms with Crippen molar-refractivity contribution in [2.75, 3.05) is 18.2 Å². The van der Waals surface area contributed by atoms with Gasteiger partial charge in [0.05, 0.1) is 17.4 Å². The summed E-state index contributed by atoms with van der Waals surface area (Å²) in [6.45, 7) is 8.29. The zero-order valence-electron chi connectivity index (χ0n) is 26.5. The van der Waals surface area contributed by atoms with Crippen LogP contribution in [0, 0.1) is 6.92 Å². The number of halogens is 3. The number of urea groups is 1. The number of Topliss-reactive ketones (excluding diaryl/α,β-unsaturated/α-hetero) is 1. The number of ether oxygens (including phenoxy) is 2. The van der Waals surface area contributed by atoms with Crippen molar-refractivity contribution < 1.29 is 36.8 Å². The van der Waals surface area contributed by atoms with Gasteiger partial charge in [-0.05, 0) is 91.8 Å². The van der Waals surface area contributed by atoms with Gasteiger partial charge in [0.2, 0.25) is 5.82 Å². The van der Waals surface area contributed by atoms with Crippen LogP contribution in [0.4, 0.5) is 23.7 Å². The molecule has 2 heterocycles. The second-order valence-electron chi connectivity index (χ2n) is 11.4. The maximum absolute atomic E-state index is 13.1. The number of aliphatic imine (C=N–C) groups is 1. The van der Waals surface area contributed by atoms with Crippen LogP contribution in [0.5, 0.6) is 5.75 Å². The molecule has 9 nitrogen and oxygen atoms in total. The molecule has 5 rings (SSSR count). The Labute approximate surface area is 279 Å². The highest BCUT2D eigenvalue weighted by molar-refractivity contribution is 8.14. The van der Waals surface area contributed by atoms with Crippen LogP contribution < -0.4 is 10.1 Å². The lowest BCUT2D eigenvalue weighted by Crippen LogP contribution is -2.18. The number of hydrogen-bond donors (Lipinski definition) is 1. The Morgan fingerprint density at radius 3 is 2.58 bits per heavy atom. The zero-order valence-corrected chi connectivity index (χ0v) is 27.3. The summed E-state index contributed by atoms with van der Waals surface area (Å²) in [5.74, 6) is 0.284. The maximum Gasteiger partial charge on any atom is 0.573 e. The number of aryl methyl sites for hydroxylation is 1. The van der Waals surface area contributed by atoms with Crippen molar-refractivity contribution in [3.05, 3.63) is 89.5 Å². The number of amides is 2. The minimum absolute atomic E-state index is 0.00676. The van der Waals surface area contributed by atoms with Crippen LogP contribution in [0.2, 0.25) is 0 Å². The average Bonchev–Trinajstić information content (AvgIpc) is 3.52. The minimum Gasteiger partial charge on any atom is -0.406 e. The second kappa shape index (κ2) is 15.0. The first-order valence-electron chi connectivity index (χ1n) is 15.0. The highest BCUT2D eigenvalue weighted by Gasteiger charge is 2.31. The van der Waals surface area contributed by atoms with Gasteiger partial charge in [-0.1, -0.05) is 35.5 Å². The first-order chi connectivity index (χ1) is 22.9. The largest absolute Gasteiger partial charge is 0.573 e. The Balaban J connectivity index is 1.30. The number of ketones is 1. The van der Waals surface area contributed by atoms with E-state index in [1.807, 2.05) is 19.1 Å². The van der Waals surface area contributed by atoms with Crippen molar-refractivity contribution in [3.63, 3.8) is 0 Å². The van der Waals surface area contributed by atoms with Crippen molar-refractivity contribution in [3.8, 4) is 28.6 Å². The number of nitrogens with zero attached hydrogens (tertiary/aromatic N) is 3. The maximum atomic E-state index is 13.1. The smallest absolute Gasteiger partial charge is 0.406 e. The van der Waals surface area contributed by atoms with Gasteiger partial charge in [0, 0.05) is 35.9 Å². The molecule has 0 radical (unpaired) electrons. The third-order valence-corrected chi connectivity index (χ3v) is 8.68. The van der Waals surface area contributed by atoms with Gasteiger partial charge >= 0.3 is 12.4 Å². The molecule has 1 N–H and O–H groups in total. The molecule has 1 aliphatic rings. The van der Waals surface area contributed by atoms with Crippen LogP contribution in [0.1, 0.15) is 54.4 Å². The molecule has 0 aliphatic carbocycles. The number of carbonyl (C=O) groups excluding carboxylic acids is 2. The van der Waals surface area contributed by atoms with Gasteiger partial charge in [-0.3, -0.25) is 4.79 Å². The van der Waals surface area contributed by atoms with E-state index in [4.69, 9.17) is 9.26 Å². The van der Waals surface area contributed by atoms with Gasteiger partial charge in [0.15, 0.2) is 0 Å². The minimum atomic E-state index is -4.80. The molecule has 1 aliphatic heterocycles. The number of allylic oxidation sites excluding steroid dienone is 1. The van der Waals surface area contributed by atoms with Gasteiger partial charge in [-0.15, -0.1) is 24.9 Å². The van der Waals surface area contributed by atoms with E-state index >= 15 is 0 Å². The van der Waals surface area contributed by atoms with E-state index in [1.54, 1.807) is 32.2 Å². The summed E-state index contributed by atoms with van der Waals surface area (Å²) in [6, 6.07) is 15.8. The molecule has 1 aromatic heterocycles. The number of carbonyl (C=O) groups is 2. The lowest BCUT2D eigenvalue weighted by atomic mass is 9.86. The zero-order chi connectivity index (χ0) is 34.4. The molecular weight excluding hydrogens is 645 g/mol. The first-order valence-corrected chi connectivity index (χ1v) is 16.0. The summed E-state index contributed by atoms with van der Waals surface area (Å²) in [5.41, 5.74) is 5.96. The van der Waals surface area contributed by atoms with Crippen molar-refractivity contribution >= 4 is 39.9 Å². The van der Waals surface area contributed by atoms with Gasteiger partial charge in [-0.25, -0.2) is 4.79 Å². The van der Waals surface area contributed by atoms with Crippen molar-refractivity contribution in [2.24, 2.45) is 4.99 Å². The molecule has 4 aromatic rings. The number of nitrogens with one attached hydrogen (secondary N) is 1. The number of alkyl halides is 3. The van der Waals surface area contributed by atoms with Crippen molar-refractivity contribution in [2.45, 2.75) is 52.0 Å². The molecule has 1 fully saturated rings. The number of anilines is 1. The topological polar surface area (TPSA) is 116 Å². The summed E-state index contributed by atoms with van der Waals surface area (Å²) in [5, 5.41) is 7.43. The number of rotatable bonds is 8. The number of benzene rings is 3. The SMILES string of the molecule is C=C(C)c1cc(-c2noc(-c3ccc(OC(F)(F)F)cc3)n2)ccc1NC(=O)/N=C1/CCC(c2cc(C)ccc2COC)CC(=O)CS1. The van der Waals surface area contributed by atoms with E-state index in [1.165, 1.54) is 23.9 Å². The third kappa shape index (κ3) is 8.98. The predicted molar refractivity (Wildman–Crippen MR) is 179 cm³/mol. The number of hydrogen-bond acceptors (Lipinski definition) is 8. The molecule has 0 bridgehead atoms. The lowest BCUT2D eigenvalue weighted by Gasteiger charge is -2.23. The number of thioether (sulfide) groups is 1. The molecule has 13 heteroatoms. The monoisotopic (exact) mass is 678 g/mol. The van der Waals surface area contributed by atoms with Gasteiger partial charge in [0.25, 0.3) is 5.89 Å². The molecule has 0 spiro atoms. The van der Waals surface area contributed by atoms with E-state index in [0.717, 1.165) is 28.8 Å². The van der Waals surface area contributed by atoms with Crippen molar-refractivity contribution in [1.29, 1.82) is 0 Å². The van der Waals surface area contributed by atoms with Crippen molar-refractivity contribution in [1.82, 2.24) is 10.1 Å². The first kappa shape index (κ1) is 34.6. The molecule has 1 unspecified atom stereocenters. The molecule has 48 heavy (non-hydrogen) atoms. The highest BCUT2D eigenvalue weighted by atomic mass is 32.2. The summed E-state index contributed by atoms with van der Waals surface area (Å²) >= 11 is 1.29. The van der Waals surface area contributed by atoms with Crippen LogP contribution in [-0.2, 0) is 16.1 Å². The molecule has 250 valence electrons. The van der Waals surface area contributed by atoms with Gasteiger partial charge in [-0.2, -0.15) is 9.98 Å². The molecule has 1 atom stereocenters. The Hall–Kier alpha value is -4.75. The Bertz CT molecular complexity index is 1850. The second-order valence-corrected chi connectivity index (χ2v) is 12.4. The molecule has 0 saturated carbocycles. The molecule has 3 aromatic carbocycles. The van der Waals surface area contributed by atoms with Crippen LogP contribution in [0.3, 0.4) is 0 Å². The van der Waals surface area contributed by atoms with Crippen LogP contribution in [0.15, 0.2) is 76.8 Å². The number of aromatic nitrogens is 2. The fourth-order valence-corrected chi connectivity index (χ4v) is 6.22. The van der Waals surface area contributed by atoms with Crippen LogP contribution >= 0.6 is 11.8 Å². The van der Waals surface area contributed by atoms with E-state index in [0.29, 0.717) is 58.9 Å². The van der Waals surface area contributed by atoms with Gasteiger partial charge in [0.1, 0.15) is 11.5 Å². The van der Waals surface area contributed by atoms with E-state index < -0.39 is 12.4 Å². The summed E-state index contributed by atoms with van der Waals surface area (Å²) < 4.78 is 52.1. The van der Waals surface area contributed by atoms with Crippen LogP contribution in [-0.4, -0.2) is 46.2 Å². The summed E-state index contributed by atoms with van der Waals surface area (Å²) in [4.78, 5) is 34.7. The fraction of sp³-hybridized carbons (Fsp3) is 0.286. The lowest BCUT2D eigenvalue weighted by molar-refractivity contribution is -0.274. The quantitative estimate of drug-likeness (QED) is 0.196. The van der Waals surface area contributed by atoms with Crippen LogP contribution in [0.25, 0.3) is 28.4 Å². The Kier molecular flexibility index (Phi) is 10.8. The average molecular weight is 679 g/mol. The summed E-state index contributed by atoms with van der Waals surface area (Å²) in [6.07, 6.45) is -3.17. The Morgan fingerprint density at radius 1 is 1.12 bits per heavy atom. The van der Waals surface area contributed by atoms with E-state index in [9.17, 15) is 22.8 Å². The normalized spacial score (nSPS) is 16.3. The number of methoxy groups -OCH3 is 1. The summed E-state index contributed by atoms with van der Waals surface area (Å²) in [7, 11) is 1.65. The Morgan fingerprint density at radius 2 is 1.88 bits per heavy atom. The highest BCUT2D eigenvalue weighted by Crippen LogP contribution is 2.34. The van der Waals surface area contributed by atoms with E-state index in [2.05, 4.69) is 37.8 Å². The predicted octanol–water partition coefficient (Wildman–Crippen LogP) is 8.99. The van der Waals surface area contributed by atoms with E-state index in [-0.39, 0.29) is 34.9 Å². The third-order valence-electron chi connectivity index (χ3n) is 7.59. The molecule has 1 saturated heterocycles. The van der Waals surface area contributed by atoms with Gasteiger partial charge < -0.3 is 19.3 Å². The molecule has 2 amide bonds.